The van der Waals surface area contributed by atoms with E-state index in [4.69, 9.17) is 0 Å². The lowest BCUT2D eigenvalue weighted by Gasteiger charge is -2.44. The van der Waals surface area contributed by atoms with Crippen LogP contribution in [0.25, 0.3) is 64.7 Å². The monoisotopic (exact) mass is 1000 g/mol. The zero-order valence-corrected chi connectivity index (χ0v) is 47.1. The molecule has 3 heterocycles. The van der Waals surface area contributed by atoms with Crippen molar-refractivity contribution in [2.24, 2.45) is 0 Å². The van der Waals surface area contributed by atoms with Gasteiger partial charge in [0.15, 0.2) is 0 Å². The summed E-state index contributed by atoms with van der Waals surface area (Å²) < 4.78 is 2.71. The van der Waals surface area contributed by atoms with Gasteiger partial charge in [-0.1, -0.05) is 210 Å². The van der Waals surface area contributed by atoms with Crippen molar-refractivity contribution in [2.45, 2.75) is 105 Å². The number of anilines is 6. The maximum absolute atomic E-state index is 2.66. The molecule has 0 fully saturated rings. The molecule has 2 aliphatic rings. The molecule has 374 valence electrons. The third-order valence-corrected chi connectivity index (χ3v) is 17.9. The molecule has 0 bridgehead atoms. The first-order valence-electron chi connectivity index (χ1n) is 27.4. The maximum Gasteiger partial charge on any atom is 0.264 e. The van der Waals surface area contributed by atoms with E-state index < -0.39 is 0 Å². The van der Waals surface area contributed by atoms with Gasteiger partial charge in [-0.3, -0.25) is 0 Å². The first kappa shape index (κ1) is 48.3. The fourth-order valence-electron chi connectivity index (χ4n) is 12.6. The maximum atomic E-state index is 2.66. The predicted molar refractivity (Wildman–Crippen MR) is 334 cm³/mol. The SMILES string of the molecule is CC(C)(C)c1ccc(N2c3cccc4c3B(c3cc(-c5ccccc5)c(C(C)(C)C)cc3N4c3ccc(C(C)(C)C)cc3-c3ccc4c5ccccc5c5ccccc5c4c3)c3sc4ccc(C(C)(C)C)cc4c32)cc1. The molecule has 0 atom stereocenters. The lowest BCUT2D eigenvalue weighted by Crippen LogP contribution is -2.60. The second-order valence-electron chi connectivity index (χ2n) is 25.8. The lowest BCUT2D eigenvalue weighted by molar-refractivity contribution is 0.590. The van der Waals surface area contributed by atoms with Crippen LogP contribution in [0.2, 0.25) is 0 Å². The zero-order chi connectivity index (χ0) is 52.8. The fourth-order valence-corrected chi connectivity index (χ4v) is 13.8. The van der Waals surface area contributed by atoms with E-state index in [-0.39, 0.29) is 28.4 Å². The van der Waals surface area contributed by atoms with Crippen LogP contribution >= 0.6 is 11.3 Å². The molecule has 4 heteroatoms. The van der Waals surface area contributed by atoms with Gasteiger partial charge in [-0.2, -0.15) is 0 Å². The summed E-state index contributed by atoms with van der Waals surface area (Å²) in [5.74, 6) is 0. The quantitative estimate of drug-likeness (QED) is 0.128. The van der Waals surface area contributed by atoms with Gasteiger partial charge in [0.1, 0.15) is 0 Å². The number of hydrogen-bond acceptors (Lipinski definition) is 3. The zero-order valence-electron chi connectivity index (χ0n) is 46.3. The average Bonchev–Trinajstić information content (AvgIpc) is 3.83. The summed E-state index contributed by atoms with van der Waals surface area (Å²) in [6, 6.07) is 72.7. The van der Waals surface area contributed by atoms with Crippen LogP contribution in [-0.4, -0.2) is 6.71 Å². The Morgan fingerprint density at radius 2 is 0.908 bits per heavy atom. The van der Waals surface area contributed by atoms with Crippen LogP contribution in [0, 0.1) is 0 Å². The molecule has 0 aliphatic carbocycles. The molecule has 0 radical (unpaired) electrons. The minimum Gasteiger partial charge on any atom is -0.311 e. The van der Waals surface area contributed by atoms with Crippen LogP contribution in [0.15, 0.2) is 188 Å². The van der Waals surface area contributed by atoms with Crippen molar-refractivity contribution in [1.29, 1.82) is 0 Å². The predicted octanol–water partition coefficient (Wildman–Crippen LogP) is 19.0. The first-order valence-corrected chi connectivity index (χ1v) is 28.2. The number of rotatable bonds is 4. The molecule has 13 rings (SSSR count). The van der Waals surface area contributed by atoms with Crippen molar-refractivity contribution in [3.63, 3.8) is 0 Å². The topological polar surface area (TPSA) is 6.48 Å². The lowest BCUT2D eigenvalue weighted by atomic mass is 9.36. The van der Waals surface area contributed by atoms with E-state index >= 15 is 0 Å². The largest absolute Gasteiger partial charge is 0.311 e. The number of benzene rings is 10. The molecule has 2 nitrogen and oxygen atoms in total. The Balaban J connectivity index is 1.15. The second kappa shape index (κ2) is 17.1. The van der Waals surface area contributed by atoms with Gasteiger partial charge in [0.25, 0.3) is 6.71 Å². The van der Waals surface area contributed by atoms with E-state index in [1.54, 1.807) is 0 Å². The van der Waals surface area contributed by atoms with Gasteiger partial charge in [0, 0.05) is 43.2 Å². The molecule has 11 aromatic rings. The van der Waals surface area contributed by atoms with Gasteiger partial charge < -0.3 is 9.80 Å². The minimum atomic E-state index is -0.163. The van der Waals surface area contributed by atoms with Crippen molar-refractivity contribution in [3.8, 4) is 22.3 Å². The van der Waals surface area contributed by atoms with Crippen LogP contribution < -0.4 is 25.5 Å². The Bertz CT molecular complexity index is 4120. The highest BCUT2D eigenvalue weighted by molar-refractivity contribution is 7.33. The van der Waals surface area contributed by atoms with E-state index in [9.17, 15) is 0 Å². The molecule has 0 amide bonds. The molecule has 0 saturated carbocycles. The highest BCUT2D eigenvalue weighted by atomic mass is 32.1. The van der Waals surface area contributed by atoms with Gasteiger partial charge in [-0.25, -0.2) is 0 Å². The van der Waals surface area contributed by atoms with Gasteiger partial charge >= 0.3 is 0 Å². The third-order valence-electron chi connectivity index (χ3n) is 16.6. The van der Waals surface area contributed by atoms with Gasteiger partial charge in [0.2, 0.25) is 0 Å². The Kier molecular flexibility index (Phi) is 10.8. The molecular formula is C72H67BN2S. The Hall–Kier alpha value is -7.40. The summed E-state index contributed by atoms with van der Waals surface area (Å²) >= 11 is 1.98. The van der Waals surface area contributed by atoms with Crippen LogP contribution in [-0.2, 0) is 21.7 Å². The smallest absolute Gasteiger partial charge is 0.264 e. The molecule has 0 saturated heterocycles. The third kappa shape index (κ3) is 7.65. The molecular weight excluding hydrogens is 936 g/mol. The summed E-state index contributed by atoms with van der Waals surface area (Å²) in [5, 5.41) is 9.02. The summed E-state index contributed by atoms with van der Waals surface area (Å²) in [5.41, 5.74) is 20.1. The van der Waals surface area contributed by atoms with E-state index in [0.717, 1.165) is 0 Å². The summed E-state index contributed by atoms with van der Waals surface area (Å²) in [6.45, 7) is 28.1. The Morgan fingerprint density at radius 3 is 1.53 bits per heavy atom. The van der Waals surface area contributed by atoms with Crippen LogP contribution in [0.1, 0.15) is 105 Å². The fraction of sp³-hybridized carbons (Fsp3) is 0.222. The normalized spacial score (nSPS) is 13.7. The molecule has 0 N–H and O–H groups in total. The minimum absolute atomic E-state index is 0.0139. The van der Waals surface area contributed by atoms with E-state index in [0.29, 0.717) is 0 Å². The summed E-state index contributed by atoms with van der Waals surface area (Å²) in [6.07, 6.45) is 0. The van der Waals surface area contributed by atoms with Gasteiger partial charge in [-0.15, -0.1) is 11.3 Å². The average molecular weight is 1000 g/mol. The second-order valence-corrected chi connectivity index (χ2v) is 26.9. The summed E-state index contributed by atoms with van der Waals surface area (Å²) in [7, 11) is 0. The van der Waals surface area contributed by atoms with E-state index in [1.807, 2.05) is 11.3 Å². The summed E-state index contributed by atoms with van der Waals surface area (Å²) in [4.78, 5) is 5.28. The van der Waals surface area contributed by atoms with Crippen molar-refractivity contribution < 1.29 is 0 Å². The molecule has 2 aliphatic heterocycles. The molecule has 0 unspecified atom stereocenters. The van der Waals surface area contributed by atoms with Crippen LogP contribution in [0.5, 0.6) is 0 Å². The van der Waals surface area contributed by atoms with Crippen LogP contribution in [0.3, 0.4) is 0 Å². The van der Waals surface area contributed by atoms with Crippen molar-refractivity contribution in [3.05, 3.63) is 210 Å². The molecule has 10 aromatic carbocycles. The standard InChI is InChI=1S/C72H67BN2S/c1-69(2,3)46-30-34-49(35-31-46)74-62-27-20-28-63-66(62)73(68-67(74)58-41-48(71(7,8)9)33-38-65(58)76-68)60-42-55(44-21-14-13-15-22-44)59(72(10,11)12)43-64(60)75(63)61-37-32-47(70(4,5)6)40-56(61)45-29-36-54-52-25-17-16-23-50(52)51-24-18-19-26-53(51)57(54)39-45/h13-43H,1-12H3. The number of nitrogens with zero attached hydrogens (tertiary/aromatic N) is 2. The number of hydrogen-bond donors (Lipinski definition) is 0. The van der Waals surface area contributed by atoms with Crippen molar-refractivity contribution in [1.82, 2.24) is 0 Å². The van der Waals surface area contributed by atoms with Crippen LogP contribution in [0.4, 0.5) is 34.1 Å². The van der Waals surface area contributed by atoms with E-state index in [2.05, 4.69) is 281 Å². The first-order chi connectivity index (χ1) is 36.2. The molecule has 76 heavy (non-hydrogen) atoms. The number of thiophene rings is 1. The Morgan fingerprint density at radius 1 is 0.355 bits per heavy atom. The van der Waals surface area contributed by atoms with E-state index in [1.165, 1.54) is 137 Å². The Labute approximate surface area is 454 Å². The number of fused-ring (bicyclic) bond motifs is 12. The van der Waals surface area contributed by atoms with Gasteiger partial charge in [0.05, 0.1) is 11.4 Å². The highest BCUT2D eigenvalue weighted by Crippen LogP contribution is 2.52. The molecule has 0 spiro atoms. The van der Waals surface area contributed by atoms with Gasteiger partial charge in [-0.05, 0) is 165 Å². The van der Waals surface area contributed by atoms with Crippen molar-refractivity contribution in [2.75, 3.05) is 9.80 Å². The highest BCUT2D eigenvalue weighted by Gasteiger charge is 2.46. The molecule has 1 aromatic heterocycles. The van der Waals surface area contributed by atoms with Crippen molar-refractivity contribution >= 4 is 110 Å².